The molecule has 0 saturated heterocycles. The fourth-order valence-electron chi connectivity index (χ4n) is 2.92. The third-order valence-electron chi connectivity index (χ3n) is 4.28. The maximum absolute atomic E-state index is 13.1. The van der Waals surface area contributed by atoms with E-state index in [1.807, 2.05) is 0 Å². The van der Waals surface area contributed by atoms with E-state index in [2.05, 4.69) is 10.2 Å². The molecule has 2 heterocycles. The highest BCUT2D eigenvalue weighted by atomic mass is 32.1. The maximum atomic E-state index is 13.1. The molecule has 2 aromatic carbocycles. The van der Waals surface area contributed by atoms with Crippen molar-refractivity contribution in [3.8, 4) is 11.1 Å². The molecule has 8 heteroatoms. The van der Waals surface area contributed by atoms with Crippen LogP contribution in [0, 0.1) is 5.82 Å². The van der Waals surface area contributed by atoms with Crippen LogP contribution in [0.25, 0.3) is 21.2 Å². The number of fused-ring (bicyclic) bond motifs is 1. The summed E-state index contributed by atoms with van der Waals surface area (Å²) < 4.78 is 13.5. The first-order valence-corrected chi connectivity index (χ1v) is 9.04. The number of amides is 1. The SMILES string of the molecule is NC(=O)c1cccc(-c2csc3c(C(=O)c4ccc(F)cc4)n[nH]c(=O)c23)c1. The molecule has 0 aliphatic carbocycles. The predicted octanol–water partition coefficient (Wildman–Crippen LogP) is 3.12. The van der Waals surface area contributed by atoms with Crippen LogP contribution in [0.3, 0.4) is 0 Å². The number of ketones is 1. The Morgan fingerprint density at radius 2 is 1.82 bits per heavy atom. The van der Waals surface area contributed by atoms with Crippen LogP contribution in [-0.2, 0) is 0 Å². The fraction of sp³-hybridized carbons (Fsp3) is 0. The van der Waals surface area contributed by atoms with Gasteiger partial charge in [0.05, 0.1) is 10.1 Å². The molecule has 0 unspecified atom stereocenters. The lowest BCUT2D eigenvalue weighted by atomic mass is 10.0. The minimum absolute atomic E-state index is 0.0727. The number of nitrogens with one attached hydrogen (secondary N) is 1. The zero-order valence-corrected chi connectivity index (χ0v) is 15.0. The Balaban J connectivity index is 1.89. The number of aromatic nitrogens is 2. The first kappa shape index (κ1) is 17.7. The van der Waals surface area contributed by atoms with E-state index in [0.717, 1.165) is 0 Å². The molecule has 0 atom stereocenters. The molecule has 0 fully saturated rings. The number of H-pyrrole nitrogens is 1. The molecule has 138 valence electrons. The van der Waals surface area contributed by atoms with Crippen molar-refractivity contribution < 1.29 is 14.0 Å². The van der Waals surface area contributed by atoms with Gasteiger partial charge in [0, 0.05) is 22.1 Å². The number of benzene rings is 2. The highest BCUT2D eigenvalue weighted by Gasteiger charge is 2.20. The molecule has 28 heavy (non-hydrogen) atoms. The van der Waals surface area contributed by atoms with Crippen LogP contribution in [0.4, 0.5) is 4.39 Å². The Morgan fingerprint density at radius 1 is 1.07 bits per heavy atom. The molecule has 0 aliphatic heterocycles. The largest absolute Gasteiger partial charge is 0.366 e. The first-order valence-electron chi connectivity index (χ1n) is 8.16. The Labute approximate surface area is 161 Å². The summed E-state index contributed by atoms with van der Waals surface area (Å²) in [6.07, 6.45) is 0. The number of aromatic amines is 1. The lowest BCUT2D eigenvalue weighted by Crippen LogP contribution is -2.14. The summed E-state index contributed by atoms with van der Waals surface area (Å²) >= 11 is 1.20. The van der Waals surface area contributed by atoms with E-state index in [9.17, 15) is 18.8 Å². The van der Waals surface area contributed by atoms with Crippen molar-refractivity contribution in [3.05, 3.63) is 86.9 Å². The van der Waals surface area contributed by atoms with Gasteiger partial charge in [0.25, 0.3) is 5.56 Å². The third-order valence-corrected chi connectivity index (χ3v) is 5.27. The highest BCUT2D eigenvalue weighted by molar-refractivity contribution is 7.18. The number of rotatable bonds is 4. The Hall–Kier alpha value is -3.65. The Kier molecular flexibility index (Phi) is 4.32. The second kappa shape index (κ2) is 6.82. The number of hydrogen-bond donors (Lipinski definition) is 2. The number of thiophene rings is 1. The van der Waals surface area contributed by atoms with Crippen molar-refractivity contribution in [2.24, 2.45) is 5.73 Å². The van der Waals surface area contributed by atoms with Gasteiger partial charge in [-0.1, -0.05) is 12.1 Å². The molecule has 2 aromatic heterocycles. The van der Waals surface area contributed by atoms with Gasteiger partial charge in [-0.3, -0.25) is 14.4 Å². The number of carbonyl (C=O) groups excluding carboxylic acids is 2. The van der Waals surface area contributed by atoms with Crippen LogP contribution in [0.5, 0.6) is 0 Å². The summed E-state index contributed by atoms with van der Waals surface area (Å²) in [4.78, 5) is 36.7. The molecule has 0 aliphatic rings. The summed E-state index contributed by atoms with van der Waals surface area (Å²) in [5.41, 5.74) is 6.71. The van der Waals surface area contributed by atoms with E-state index < -0.39 is 23.1 Å². The van der Waals surface area contributed by atoms with Crippen LogP contribution < -0.4 is 11.3 Å². The molecule has 6 nitrogen and oxygen atoms in total. The number of hydrogen-bond acceptors (Lipinski definition) is 5. The molecule has 4 aromatic rings. The van der Waals surface area contributed by atoms with Crippen molar-refractivity contribution in [1.82, 2.24) is 10.2 Å². The summed E-state index contributed by atoms with van der Waals surface area (Å²) in [7, 11) is 0. The van der Waals surface area contributed by atoms with Gasteiger partial charge in [-0.25, -0.2) is 9.49 Å². The van der Waals surface area contributed by atoms with Crippen LogP contribution in [0.1, 0.15) is 26.4 Å². The second-order valence-corrected chi connectivity index (χ2v) is 6.92. The van der Waals surface area contributed by atoms with Gasteiger partial charge in [0.1, 0.15) is 11.5 Å². The third kappa shape index (κ3) is 2.99. The summed E-state index contributed by atoms with van der Waals surface area (Å²) in [5, 5.41) is 8.29. The molecular formula is C20H12FN3O3S. The molecule has 4 rings (SSSR count). The predicted molar refractivity (Wildman–Crippen MR) is 104 cm³/mol. The minimum atomic E-state index is -0.580. The monoisotopic (exact) mass is 393 g/mol. The molecular weight excluding hydrogens is 381 g/mol. The van der Waals surface area contributed by atoms with Crippen LogP contribution >= 0.6 is 11.3 Å². The molecule has 0 bridgehead atoms. The molecule has 0 radical (unpaired) electrons. The Bertz CT molecular complexity index is 1290. The van der Waals surface area contributed by atoms with Gasteiger partial charge in [0.15, 0.2) is 0 Å². The van der Waals surface area contributed by atoms with E-state index in [-0.39, 0.29) is 11.3 Å². The average molecular weight is 393 g/mol. The van der Waals surface area contributed by atoms with Gasteiger partial charge in [-0.15, -0.1) is 11.3 Å². The van der Waals surface area contributed by atoms with E-state index in [4.69, 9.17) is 5.73 Å². The number of nitrogens with zero attached hydrogens (tertiary/aromatic N) is 1. The van der Waals surface area contributed by atoms with Crippen molar-refractivity contribution in [1.29, 1.82) is 0 Å². The number of primary amides is 1. The first-order chi connectivity index (χ1) is 13.5. The minimum Gasteiger partial charge on any atom is -0.366 e. The number of carbonyl (C=O) groups is 2. The highest BCUT2D eigenvalue weighted by Crippen LogP contribution is 2.34. The lowest BCUT2D eigenvalue weighted by molar-refractivity contribution is 0.0998. The van der Waals surface area contributed by atoms with E-state index in [0.29, 0.717) is 26.8 Å². The van der Waals surface area contributed by atoms with E-state index >= 15 is 0 Å². The van der Waals surface area contributed by atoms with Gasteiger partial charge < -0.3 is 5.73 Å². The average Bonchev–Trinajstić information content (AvgIpc) is 3.14. The maximum Gasteiger partial charge on any atom is 0.273 e. The smallest absolute Gasteiger partial charge is 0.273 e. The lowest BCUT2D eigenvalue weighted by Gasteiger charge is -2.04. The summed E-state index contributed by atoms with van der Waals surface area (Å²) in [6, 6.07) is 11.7. The van der Waals surface area contributed by atoms with Gasteiger partial charge in [-0.2, -0.15) is 5.10 Å². The zero-order valence-electron chi connectivity index (χ0n) is 14.2. The molecule has 0 saturated carbocycles. The number of halogens is 1. The standard InChI is InChI=1S/C20H12FN3O3S/c21-13-6-4-10(5-7-13)17(25)16-18-15(20(27)24-23-16)14(9-28-18)11-2-1-3-12(8-11)19(22)26/h1-9H,(H2,22,26)(H,24,27). The van der Waals surface area contributed by atoms with Crippen LogP contribution in [0.15, 0.2) is 58.7 Å². The van der Waals surface area contributed by atoms with Gasteiger partial charge in [0.2, 0.25) is 11.7 Å². The second-order valence-electron chi connectivity index (χ2n) is 6.04. The van der Waals surface area contributed by atoms with Crippen molar-refractivity contribution in [3.63, 3.8) is 0 Å². The van der Waals surface area contributed by atoms with Crippen molar-refractivity contribution in [2.45, 2.75) is 0 Å². The zero-order chi connectivity index (χ0) is 19.8. The molecule has 1 amide bonds. The van der Waals surface area contributed by atoms with Crippen molar-refractivity contribution in [2.75, 3.05) is 0 Å². The van der Waals surface area contributed by atoms with Gasteiger partial charge in [-0.05, 0) is 42.0 Å². The topological polar surface area (TPSA) is 106 Å². The quantitative estimate of drug-likeness (QED) is 0.520. The van der Waals surface area contributed by atoms with E-state index in [1.54, 1.807) is 29.6 Å². The van der Waals surface area contributed by atoms with Crippen LogP contribution in [-0.4, -0.2) is 21.9 Å². The van der Waals surface area contributed by atoms with Crippen LogP contribution in [0.2, 0.25) is 0 Å². The molecule has 3 N–H and O–H groups in total. The normalized spacial score (nSPS) is 10.9. The molecule has 0 spiro atoms. The summed E-state index contributed by atoms with van der Waals surface area (Å²) in [6.45, 7) is 0. The van der Waals surface area contributed by atoms with Crippen molar-refractivity contribution >= 4 is 33.1 Å². The fourth-order valence-corrected chi connectivity index (χ4v) is 3.98. The van der Waals surface area contributed by atoms with E-state index in [1.165, 1.54) is 35.6 Å². The van der Waals surface area contributed by atoms with Gasteiger partial charge >= 0.3 is 0 Å². The Morgan fingerprint density at radius 3 is 2.54 bits per heavy atom. The summed E-state index contributed by atoms with van der Waals surface area (Å²) in [5.74, 6) is -1.46. The number of nitrogens with two attached hydrogens (primary N) is 1.